The number of hydrogen-bond acceptors (Lipinski definition) is 2. The number of rotatable bonds is 2. The summed E-state index contributed by atoms with van der Waals surface area (Å²) in [5.41, 5.74) is 0. The highest BCUT2D eigenvalue weighted by atomic mass is 16.2. The zero-order chi connectivity index (χ0) is 12.1. The summed E-state index contributed by atoms with van der Waals surface area (Å²) in [6, 6.07) is 2.16. The third-order valence-corrected chi connectivity index (χ3v) is 3.16. The van der Waals surface area contributed by atoms with Crippen molar-refractivity contribution in [2.45, 2.75) is 39.7 Å². The molecule has 2 amide bonds. The SMILES string of the molecule is CC1CCN(C(=O)N(CC#N)C(C)C)CC1. The van der Waals surface area contributed by atoms with Crippen molar-refractivity contribution < 1.29 is 4.79 Å². The second-order valence-electron chi connectivity index (χ2n) is 4.83. The molecule has 16 heavy (non-hydrogen) atoms. The van der Waals surface area contributed by atoms with Crippen molar-refractivity contribution in [3.8, 4) is 6.07 Å². The molecule has 0 aromatic heterocycles. The number of carbonyl (C=O) groups is 1. The van der Waals surface area contributed by atoms with Crippen LogP contribution in [0.25, 0.3) is 0 Å². The van der Waals surface area contributed by atoms with Crippen molar-refractivity contribution in [2.75, 3.05) is 19.6 Å². The fourth-order valence-corrected chi connectivity index (χ4v) is 1.93. The first kappa shape index (κ1) is 12.8. The summed E-state index contributed by atoms with van der Waals surface area (Å²) in [5.74, 6) is 0.715. The Hall–Kier alpha value is -1.24. The van der Waals surface area contributed by atoms with Gasteiger partial charge in [0, 0.05) is 19.1 Å². The summed E-state index contributed by atoms with van der Waals surface area (Å²) in [6.45, 7) is 7.95. The molecule has 90 valence electrons. The molecule has 0 unspecified atom stereocenters. The first-order valence-corrected chi connectivity index (χ1v) is 5.98. The highest BCUT2D eigenvalue weighted by Crippen LogP contribution is 2.17. The van der Waals surface area contributed by atoms with Crippen LogP contribution in [-0.2, 0) is 0 Å². The lowest BCUT2D eigenvalue weighted by molar-refractivity contribution is 0.129. The van der Waals surface area contributed by atoms with Crippen molar-refractivity contribution in [3.63, 3.8) is 0 Å². The van der Waals surface area contributed by atoms with Gasteiger partial charge in [-0.15, -0.1) is 0 Å². The fourth-order valence-electron chi connectivity index (χ4n) is 1.93. The van der Waals surface area contributed by atoms with Gasteiger partial charge in [0.25, 0.3) is 0 Å². The number of carbonyl (C=O) groups excluding carboxylic acids is 1. The Balaban J connectivity index is 2.58. The van der Waals surface area contributed by atoms with E-state index in [0.717, 1.165) is 25.9 Å². The molecule has 1 heterocycles. The summed E-state index contributed by atoms with van der Waals surface area (Å²) in [4.78, 5) is 15.6. The maximum atomic E-state index is 12.1. The lowest BCUT2D eigenvalue weighted by Gasteiger charge is -2.35. The van der Waals surface area contributed by atoms with Crippen LogP contribution in [-0.4, -0.2) is 41.5 Å². The second-order valence-corrected chi connectivity index (χ2v) is 4.83. The molecule has 0 spiro atoms. The zero-order valence-electron chi connectivity index (χ0n) is 10.4. The molecule has 0 aromatic carbocycles. The second kappa shape index (κ2) is 5.74. The van der Waals surface area contributed by atoms with Gasteiger partial charge in [0.05, 0.1) is 6.07 Å². The predicted octanol–water partition coefficient (Wildman–Crippen LogP) is 2.07. The molecule has 4 heteroatoms. The van der Waals surface area contributed by atoms with E-state index in [1.54, 1.807) is 4.90 Å². The summed E-state index contributed by atoms with van der Waals surface area (Å²) in [7, 11) is 0. The minimum absolute atomic E-state index is 0.0171. The van der Waals surface area contributed by atoms with Crippen molar-refractivity contribution in [3.05, 3.63) is 0 Å². The summed E-state index contributed by atoms with van der Waals surface area (Å²) < 4.78 is 0. The summed E-state index contributed by atoms with van der Waals surface area (Å²) in [5, 5.41) is 8.71. The quantitative estimate of drug-likeness (QED) is 0.673. The monoisotopic (exact) mass is 223 g/mol. The average molecular weight is 223 g/mol. The highest BCUT2D eigenvalue weighted by Gasteiger charge is 2.25. The third-order valence-electron chi connectivity index (χ3n) is 3.16. The molecular weight excluding hydrogens is 202 g/mol. The Kier molecular flexibility index (Phi) is 4.60. The van der Waals surface area contributed by atoms with Gasteiger partial charge in [-0.1, -0.05) is 6.92 Å². The first-order valence-electron chi connectivity index (χ1n) is 5.98. The van der Waals surface area contributed by atoms with Gasteiger partial charge in [-0.05, 0) is 32.6 Å². The lowest BCUT2D eigenvalue weighted by atomic mass is 9.99. The molecule has 0 saturated carbocycles. The standard InChI is InChI=1S/C12H21N3O/c1-10(2)15(9-6-13)12(16)14-7-4-11(3)5-8-14/h10-11H,4-5,7-9H2,1-3H3. The lowest BCUT2D eigenvalue weighted by Crippen LogP contribution is -2.49. The van der Waals surface area contributed by atoms with Crippen LogP contribution in [0, 0.1) is 17.2 Å². The molecule has 1 aliphatic heterocycles. The maximum absolute atomic E-state index is 12.1. The molecule has 0 aromatic rings. The van der Waals surface area contributed by atoms with Gasteiger partial charge >= 0.3 is 6.03 Å². The highest BCUT2D eigenvalue weighted by molar-refractivity contribution is 5.75. The van der Waals surface area contributed by atoms with Crippen LogP contribution < -0.4 is 0 Å². The zero-order valence-corrected chi connectivity index (χ0v) is 10.4. The minimum Gasteiger partial charge on any atom is -0.325 e. The molecule has 0 aliphatic carbocycles. The van der Waals surface area contributed by atoms with Crippen LogP contribution in [0.5, 0.6) is 0 Å². The molecule has 1 rings (SSSR count). The molecule has 1 saturated heterocycles. The normalized spacial score (nSPS) is 17.3. The number of piperidine rings is 1. The van der Waals surface area contributed by atoms with Crippen LogP contribution >= 0.6 is 0 Å². The molecule has 0 atom stereocenters. The average Bonchev–Trinajstić information content (AvgIpc) is 2.25. The van der Waals surface area contributed by atoms with E-state index < -0.39 is 0 Å². The van der Waals surface area contributed by atoms with E-state index in [1.165, 1.54) is 0 Å². The Morgan fingerprint density at radius 3 is 2.50 bits per heavy atom. The Bertz CT molecular complexity index is 274. The van der Waals surface area contributed by atoms with Gasteiger partial charge in [-0.25, -0.2) is 4.79 Å². The van der Waals surface area contributed by atoms with Gasteiger partial charge in [-0.2, -0.15) is 5.26 Å². The number of nitrogens with zero attached hydrogens (tertiary/aromatic N) is 3. The van der Waals surface area contributed by atoms with Crippen LogP contribution in [0.1, 0.15) is 33.6 Å². The van der Waals surface area contributed by atoms with E-state index in [1.807, 2.05) is 18.7 Å². The number of hydrogen-bond donors (Lipinski definition) is 0. The predicted molar refractivity (Wildman–Crippen MR) is 62.8 cm³/mol. The third kappa shape index (κ3) is 3.13. The van der Waals surface area contributed by atoms with Gasteiger partial charge in [0.1, 0.15) is 6.54 Å². The number of likely N-dealkylation sites (tertiary alicyclic amines) is 1. The van der Waals surface area contributed by atoms with Crippen molar-refractivity contribution in [2.24, 2.45) is 5.92 Å². The van der Waals surface area contributed by atoms with E-state index >= 15 is 0 Å². The van der Waals surface area contributed by atoms with Gasteiger partial charge in [-0.3, -0.25) is 0 Å². The molecule has 0 radical (unpaired) electrons. The van der Waals surface area contributed by atoms with Gasteiger partial charge in [0.15, 0.2) is 0 Å². The summed E-state index contributed by atoms with van der Waals surface area (Å²) >= 11 is 0. The van der Waals surface area contributed by atoms with E-state index in [-0.39, 0.29) is 18.6 Å². The number of nitriles is 1. The van der Waals surface area contributed by atoms with E-state index in [0.29, 0.717) is 5.92 Å². The van der Waals surface area contributed by atoms with Crippen LogP contribution in [0.3, 0.4) is 0 Å². The Morgan fingerprint density at radius 2 is 2.06 bits per heavy atom. The van der Waals surface area contributed by atoms with E-state index in [2.05, 4.69) is 13.0 Å². The largest absolute Gasteiger partial charge is 0.325 e. The molecule has 0 bridgehead atoms. The van der Waals surface area contributed by atoms with Crippen molar-refractivity contribution in [1.82, 2.24) is 9.80 Å². The number of amides is 2. The smallest absolute Gasteiger partial charge is 0.321 e. The van der Waals surface area contributed by atoms with Crippen LogP contribution in [0.4, 0.5) is 4.79 Å². The van der Waals surface area contributed by atoms with Gasteiger partial charge in [0.2, 0.25) is 0 Å². The molecule has 0 N–H and O–H groups in total. The topological polar surface area (TPSA) is 47.3 Å². The number of urea groups is 1. The first-order chi connectivity index (χ1) is 7.56. The fraction of sp³-hybridized carbons (Fsp3) is 0.833. The maximum Gasteiger partial charge on any atom is 0.321 e. The minimum atomic E-state index is 0.0171. The van der Waals surface area contributed by atoms with Gasteiger partial charge < -0.3 is 9.80 Å². The van der Waals surface area contributed by atoms with Crippen LogP contribution in [0.15, 0.2) is 0 Å². The van der Waals surface area contributed by atoms with Crippen molar-refractivity contribution >= 4 is 6.03 Å². The molecular formula is C12H21N3O. The van der Waals surface area contributed by atoms with E-state index in [9.17, 15) is 4.79 Å². The van der Waals surface area contributed by atoms with E-state index in [4.69, 9.17) is 5.26 Å². The molecule has 4 nitrogen and oxygen atoms in total. The molecule has 1 aliphatic rings. The Morgan fingerprint density at radius 1 is 1.50 bits per heavy atom. The molecule has 1 fully saturated rings. The Labute approximate surface area is 97.8 Å². The van der Waals surface area contributed by atoms with Crippen molar-refractivity contribution in [1.29, 1.82) is 5.26 Å². The van der Waals surface area contributed by atoms with Crippen LogP contribution in [0.2, 0.25) is 0 Å². The summed E-state index contributed by atoms with van der Waals surface area (Å²) in [6.07, 6.45) is 2.15.